The molecule has 1 aromatic carbocycles. The number of nitrogens with one attached hydrogen (secondary N) is 1. The van der Waals surface area contributed by atoms with Crippen molar-refractivity contribution in [3.63, 3.8) is 0 Å². The molecule has 0 saturated heterocycles. The molecule has 1 nitrogen and oxygen atoms in total. The zero-order valence-corrected chi connectivity index (χ0v) is 5.80. The smallest absolute Gasteiger partial charge is 0.166 e. The standard InChI is InChI=1S/C9H9N/c1-2-4-9-7-10-6-5-8(9)3-1/h1-4,6H,5,7H2/p+1. The van der Waals surface area contributed by atoms with E-state index < -0.39 is 0 Å². The van der Waals surface area contributed by atoms with Gasteiger partial charge in [0.05, 0.1) is 6.42 Å². The largest absolute Gasteiger partial charge is 0.247 e. The summed E-state index contributed by atoms with van der Waals surface area (Å²) in [5, 5.41) is 0. The van der Waals surface area contributed by atoms with Gasteiger partial charge in [-0.2, -0.15) is 0 Å². The van der Waals surface area contributed by atoms with E-state index in [0.717, 1.165) is 13.0 Å². The van der Waals surface area contributed by atoms with E-state index in [1.807, 2.05) is 0 Å². The van der Waals surface area contributed by atoms with E-state index >= 15 is 0 Å². The van der Waals surface area contributed by atoms with E-state index in [1.165, 1.54) is 11.1 Å². The summed E-state index contributed by atoms with van der Waals surface area (Å²) in [6.07, 6.45) is 3.18. The zero-order valence-electron chi connectivity index (χ0n) is 5.80. The van der Waals surface area contributed by atoms with E-state index in [0.29, 0.717) is 0 Å². The van der Waals surface area contributed by atoms with E-state index in [9.17, 15) is 0 Å². The van der Waals surface area contributed by atoms with Crippen molar-refractivity contribution in [1.82, 2.24) is 0 Å². The van der Waals surface area contributed by atoms with Crippen LogP contribution in [0, 0.1) is 0 Å². The third-order valence-electron chi connectivity index (χ3n) is 1.88. The Morgan fingerprint density at radius 2 is 1.90 bits per heavy atom. The molecule has 1 heterocycles. The van der Waals surface area contributed by atoms with Crippen LogP contribution in [0.3, 0.4) is 0 Å². The molecule has 0 atom stereocenters. The SMILES string of the molecule is C1=[NH+]Cc2ccccc2C1. The molecule has 1 heteroatoms. The summed E-state index contributed by atoms with van der Waals surface area (Å²) in [6.45, 7) is 0.996. The van der Waals surface area contributed by atoms with Gasteiger partial charge < -0.3 is 0 Å². The van der Waals surface area contributed by atoms with Crippen molar-refractivity contribution >= 4 is 6.21 Å². The average Bonchev–Trinajstić information content (AvgIpc) is 2.05. The summed E-state index contributed by atoms with van der Waals surface area (Å²) in [5.74, 6) is 0. The predicted molar refractivity (Wildman–Crippen MR) is 40.9 cm³/mol. The average molecular weight is 132 g/mol. The van der Waals surface area contributed by atoms with E-state index in [2.05, 4.69) is 35.5 Å². The van der Waals surface area contributed by atoms with Gasteiger partial charge in [0, 0.05) is 5.56 Å². The molecular formula is C9H10N+. The van der Waals surface area contributed by atoms with Crippen LogP contribution in [0.15, 0.2) is 24.3 Å². The fourth-order valence-corrected chi connectivity index (χ4v) is 1.29. The van der Waals surface area contributed by atoms with Crippen LogP contribution in [-0.4, -0.2) is 6.21 Å². The first-order valence-corrected chi connectivity index (χ1v) is 3.58. The van der Waals surface area contributed by atoms with Gasteiger partial charge in [0.25, 0.3) is 0 Å². The Hall–Kier alpha value is -1.11. The van der Waals surface area contributed by atoms with Gasteiger partial charge in [0.2, 0.25) is 0 Å². The molecular weight excluding hydrogens is 122 g/mol. The second-order valence-electron chi connectivity index (χ2n) is 2.56. The molecule has 0 spiro atoms. The summed E-state index contributed by atoms with van der Waals surface area (Å²) in [7, 11) is 0. The van der Waals surface area contributed by atoms with Crippen LogP contribution >= 0.6 is 0 Å². The van der Waals surface area contributed by atoms with Crippen molar-refractivity contribution in [2.24, 2.45) is 0 Å². The molecule has 1 N–H and O–H groups in total. The van der Waals surface area contributed by atoms with Crippen molar-refractivity contribution < 1.29 is 4.99 Å². The van der Waals surface area contributed by atoms with Crippen molar-refractivity contribution in [3.8, 4) is 0 Å². The fraction of sp³-hybridized carbons (Fsp3) is 0.222. The van der Waals surface area contributed by atoms with Gasteiger partial charge in [-0.15, -0.1) is 0 Å². The van der Waals surface area contributed by atoms with Crippen LogP contribution < -0.4 is 4.99 Å². The molecule has 0 saturated carbocycles. The van der Waals surface area contributed by atoms with E-state index in [1.54, 1.807) is 0 Å². The summed E-state index contributed by atoms with van der Waals surface area (Å²) >= 11 is 0. The lowest BCUT2D eigenvalue weighted by Gasteiger charge is -2.03. The Bertz CT molecular complexity index is 236. The van der Waals surface area contributed by atoms with Gasteiger partial charge in [-0.1, -0.05) is 24.3 Å². The molecule has 1 aliphatic heterocycles. The van der Waals surface area contributed by atoms with Crippen molar-refractivity contribution in [1.29, 1.82) is 0 Å². The molecule has 1 aliphatic rings. The normalized spacial score (nSPS) is 14.8. The van der Waals surface area contributed by atoms with Gasteiger partial charge in [-0.3, -0.25) is 0 Å². The Morgan fingerprint density at radius 1 is 1.10 bits per heavy atom. The Balaban J connectivity index is 2.47. The second kappa shape index (κ2) is 2.25. The Morgan fingerprint density at radius 3 is 2.70 bits per heavy atom. The van der Waals surface area contributed by atoms with Gasteiger partial charge in [-0.05, 0) is 5.56 Å². The summed E-state index contributed by atoms with van der Waals surface area (Å²) < 4.78 is 0. The van der Waals surface area contributed by atoms with Crippen LogP contribution in [0.25, 0.3) is 0 Å². The molecule has 0 amide bonds. The Kier molecular flexibility index (Phi) is 1.28. The maximum absolute atomic E-state index is 3.22. The molecule has 0 aliphatic carbocycles. The topological polar surface area (TPSA) is 14.0 Å². The lowest BCUT2D eigenvalue weighted by molar-refractivity contribution is -0.473. The lowest BCUT2D eigenvalue weighted by Crippen LogP contribution is -2.68. The van der Waals surface area contributed by atoms with E-state index in [4.69, 9.17) is 0 Å². The first-order valence-electron chi connectivity index (χ1n) is 3.58. The summed E-state index contributed by atoms with van der Waals surface area (Å²) in [5.41, 5.74) is 2.89. The Labute approximate surface area is 60.4 Å². The van der Waals surface area contributed by atoms with Crippen LogP contribution in [0.1, 0.15) is 11.1 Å². The van der Waals surface area contributed by atoms with Gasteiger partial charge in [0.15, 0.2) is 6.54 Å². The predicted octanol–water partition coefficient (Wildman–Crippen LogP) is -0.106. The molecule has 0 aromatic heterocycles. The highest BCUT2D eigenvalue weighted by molar-refractivity contribution is 5.57. The van der Waals surface area contributed by atoms with Crippen molar-refractivity contribution in [2.75, 3.05) is 0 Å². The maximum Gasteiger partial charge on any atom is 0.166 e. The molecule has 50 valence electrons. The van der Waals surface area contributed by atoms with Gasteiger partial charge in [-0.25, -0.2) is 4.99 Å². The highest BCUT2D eigenvalue weighted by Gasteiger charge is 2.06. The van der Waals surface area contributed by atoms with Gasteiger partial charge in [0.1, 0.15) is 6.21 Å². The van der Waals surface area contributed by atoms with Crippen LogP contribution in [0.2, 0.25) is 0 Å². The summed E-state index contributed by atoms with van der Waals surface area (Å²) in [6, 6.07) is 8.55. The van der Waals surface area contributed by atoms with Gasteiger partial charge >= 0.3 is 0 Å². The first kappa shape index (κ1) is 5.66. The minimum atomic E-state index is 0.996. The third kappa shape index (κ3) is 0.838. The monoisotopic (exact) mass is 132 g/mol. The third-order valence-corrected chi connectivity index (χ3v) is 1.88. The minimum Gasteiger partial charge on any atom is -0.247 e. The van der Waals surface area contributed by atoms with E-state index in [-0.39, 0.29) is 0 Å². The van der Waals surface area contributed by atoms with Crippen molar-refractivity contribution in [3.05, 3.63) is 35.4 Å². The second-order valence-corrected chi connectivity index (χ2v) is 2.56. The highest BCUT2D eigenvalue weighted by Crippen LogP contribution is 2.07. The number of fused-ring (bicyclic) bond motifs is 1. The number of rotatable bonds is 0. The van der Waals surface area contributed by atoms with Crippen molar-refractivity contribution in [2.45, 2.75) is 13.0 Å². The van der Waals surface area contributed by atoms with Crippen LogP contribution in [0.4, 0.5) is 0 Å². The quantitative estimate of drug-likeness (QED) is 0.506. The molecule has 10 heavy (non-hydrogen) atoms. The highest BCUT2D eigenvalue weighted by atomic mass is 14.7. The molecule has 0 unspecified atom stereocenters. The molecule has 1 aromatic rings. The van der Waals surface area contributed by atoms with Crippen LogP contribution in [0.5, 0.6) is 0 Å². The molecule has 2 rings (SSSR count). The van der Waals surface area contributed by atoms with Crippen LogP contribution in [-0.2, 0) is 13.0 Å². The zero-order chi connectivity index (χ0) is 6.81. The minimum absolute atomic E-state index is 0.996. The molecule has 0 radical (unpaired) electrons. The number of hydrogen-bond acceptors (Lipinski definition) is 0. The summed E-state index contributed by atoms with van der Waals surface area (Å²) in [4.78, 5) is 3.22. The number of hydrogen-bond donors (Lipinski definition) is 1. The molecule has 0 fully saturated rings. The first-order chi connectivity index (χ1) is 4.97. The number of benzene rings is 1. The molecule has 0 bridgehead atoms. The maximum atomic E-state index is 3.22. The lowest BCUT2D eigenvalue weighted by atomic mass is 10.0. The fourth-order valence-electron chi connectivity index (χ4n) is 1.29.